The molecule has 31 heavy (non-hydrogen) atoms. The number of carbonyl (C=O) groups is 1. The molecule has 156 valence electrons. The van der Waals surface area contributed by atoms with Gasteiger partial charge in [0, 0.05) is 18.0 Å². The van der Waals surface area contributed by atoms with E-state index in [1.807, 2.05) is 47.3 Å². The van der Waals surface area contributed by atoms with E-state index < -0.39 is 5.82 Å². The number of amides is 1. The Bertz CT molecular complexity index is 1120. The first-order chi connectivity index (χ1) is 15.2. The lowest BCUT2D eigenvalue weighted by Gasteiger charge is -2.13. The van der Waals surface area contributed by atoms with Crippen molar-refractivity contribution in [1.29, 1.82) is 0 Å². The molecule has 0 saturated heterocycles. The van der Waals surface area contributed by atoms with Crippen molar-refractivity contribution in [3.8, 4) is 11.4 Å². The number of hydrogen-bond acceptors (Lipinski definition) is 2. The lowest BCUT2D eigenvalue weighted by Crippen LogP contribution is -2.14. The Balaban J connectivity index is 1.35. The number of anilines is 1. The third-order valence-corrected chi connectivity index (χ3v) is 4.93. The van der Waals surface area contributed by atoms with E-state index in [9.17, 15) is 9.18 Å². The maximum atomic E-state index is 13.8. The van der Waals surface area contributed by atoms with Crippen molar-refractivity contribution in [2.24, 2.45) is 0 Å². The molecule has 1 aromatic heterocycles. The second kappa shape index (κ2) is 9.76. The molecule has 4 nitrogen and oxygen atoms in total. The van der Waals surface area contributed by atoms with Gasteiger partial charge in [-0.25, -0.2) is 4.39 Å². The first kappa shape index (κ1) is 20.4. The van der Waals surface area contributed by atoms with Gasteiger partial charge in [0.2, 0.25) is 0 Å². The number of halogens is 1. The highest BCUT2D eigenvalue weighted by molar-refractivity contribution is 6.05. The predicted molar refractivity (Wildman–Crippen MR) is 120 cm³/mol. The van der Waals surface area contributed by atoms with Gasteiger partial charge in [0.25, 0.3) is 5.91 Å². The number of hydrogen-bond donors (Lipinski definition) is 1. The van der Waals surface area contributed by atoms with E-state index >= 15 is 0 Å². The van der Waals surface area contributed by atoms with Gasteiger partial charge in [-0.3, -0.25) is 4.79 Å². The van der Waals surface area contributed by atoms with Crippen LogP contribution < -0.4 is 10.1 Å². The molecule has 1 N–H and O–H groups in total. The minimum Gasteiger partial charge on any atom is -0.494 e. The molecule has 0 radical (unpaired) electrons. The molecule has 0 unspecified atom stereocenters. The number of ether oxygens (including phenoxy) is 1. The van der Waals surface area contributed by atoms with Crippen molar-refractivity contribution in [2.75, 3.05) is 11.9 Å². The van der Waals surface area contributed by atoms with Crippen LogP contribution in [0.4, 0.5) is 10.1 Å². The summed E-state index contributed by atoms with van der Waals surface area (Å²) in [7, 11) is 0. The van der Waals surface area contributed by atoms with E-state index in [1.54, 1.807) is 30.3 Å². The monoisotopic (exact) mass is 414 g/mol. The highest BCUT2D eigenvalue weighted by Crippen LogP contribution is 2.23. The maximum absolute atomic E-state index is 13.8. The Morgan fingerprint density at radius 1 is 0.903 bits per heavy atom. The molecule has 0 atom stereocenters. The third kappa shape index (κ3) is 5.39. The fraction of sp³-hybridized carbons (Fsp3) is 0.115. The zero-order valence-electron chi connectivity index (χ0n) is 17.0. The van der Waals surface area contributed by atoms with Crippen LogP contribution in [0.1, 0.15) is 22.3 Å². The summed E-state index contributed by atoms with van der Waals surface area (Å²) in [5.74, 6) is -0.0107. The topological polar surface area (TPSA) is 43.3 Å². The van der Waals surface area contributed by atoms with E-state index in [0.717, 1.165) is 12.8 Å². The molecule has 0 spiro atoms. The van der Waals surface area contributed by atoms with Gasteiger partial charge in [-0.05, 0) is 73.0 Å². The van der Waals surface area contributed by atoms with Crippen molar-refractivity contribution in [3.63, 3.8) is 0 Å². The van der Waals surface area contributed by atoms with Crippen LogP contribution >= 0.6 is 0 Å². The van der Waals surface area contributed by atoms with Crippen LogP contribution in [0.3, 0.4) is 0 Å². The van der Waals surface area contributed by atoms with Gasteiger partial charge in [0.05, 0.1) is 18.0 Å². The SMILES string of the molecule is O=C(Nc1cc(F)ccc1-n1cccc1)c1ccc(OCCCc2ccccc2)cc1. The van der Waals surface area contributed by atoms with Crippen LogP contribution in [0, 0.1) is 5.82 Å². The molecule has 4 rings (SSSR count). The van der Waals surface area contributed by atoms with E-state index in [1.165, 1.54) is 17.7 Å². The summed E-state index contributed by atoms with van der Waals surface area (Å²) in [5, 5.41) is 2.81. The second-order valence-electron chi connectivity index (χ2n) is 7.17. The minimum atomic E-state index is -0.412. The summed E-state index contributed by atoms with van der Waals surface area (Å²) >= 11 is 0. The van der Waals surface area contributed by atoms with Crippen LogP contribution in [0.25, 0.3) is 5.69 Å². The average molecular weight is 414 g/mol. The number of benzene rings is 3. The Hall–Kier alpha value is -3.86. The highest BCUT2D eigenvalue weighted by atomic mass is 19.1. The maximum Gasteiger partial charge on any atom is 0.255 e. The summed E-state index contributed by atoms with van der Waals surface area (Å²) < 4.78 is 21.4. The van der Waals surface area contributed by atoms with E-state index in [-0.39, 0.29) is 5.91 Å². The molecule has 3 aromatic carbocycles. The van der Waals surface area contributed by atoms with Crippen molar-refractivity contribution < 1.29 is 13.9 Å². The summed E-state index contributed by atoms with van der Waals surface area (Å²) in [5.41, 5.74) is 2.86. The molecule has 0 aliphatic heterocycles. The molecule has 1 heterocycles. The Morgan fingerprint density at radius 2 is 1.65 bits per heavy atom. The largest absolute Gasteiger partial charge is 0.494 e. The summed E-state index contributed by atoms with van der Waals surface area (Å²) in [6.45, 7) is 0.601. The number of nitrogens with one attached hydrogen (secondary N) is 1. The van der Waals surface area contributed by atoms with Gasteiger partial charge in [0.1, 0.15) is 11.6 Å². The molecule has 0 aliphatic carbocycles. The van der Waals surface area contributed by atoms with E-state index in [2.05, 4.69) is 17.4 Å². The minimum absolute atomic E-state index is 0.311. The predicted octanol–water partition coefficient (Wildman–Crippen LogP) is 5.88. The van der Waals surface area contributed by atoms with Crippen LogP contribution in [0.2, 0.25) is 0 Å². The molecule has 5 heteroatoms. The first-order valence-corrected chi connectivity index (χ1v) is 10.2. The number of carbonyl (C=O) groups excluding carboxylic acids is 1. The fourth-order valence-electron chi connectivity index (χ4n) is 3.34. The average Bonchev–Trinajstić information content (AvgIpc) is 3.33. The van der Waals surface area contributed by atoms with E-state index in [0.29, 0.717) is 29.3 Å². The Kier molecular flexibility index (Phi) is 6.43. The summed E-state index contributed by atoms with van der Waals surface area (Å²) in [4.78, 5) is 12.7. The van der Waals surface area contributed by atoms with Crippen molar-refractivity contribution in [3.05, 3.63) is 114 Å². The number of aryl methyl sites for hydroxylation is 1. The fourth-order valence-corrected chi connectivity index (χ4v) is 3.34. The van der Waals surface area contributed by atoms with Crippen molar-refractivity contribution in [1.82, 2.24) is 4.57 Å². The molecule has 1 amide bonds. The molecule has 0 saturated carbocycles. The third-order valence-electron chi connectivity index (χ3n) is 4.93. The summed E-state index contributed by atoms with van der Waals surface area (Å²) in [6.07, 6.45) is 5.55. The van der Waals surface area contributed by atoms with Crippen LogP contribution in [0.15, 0.2) is 97.3 Å². The van der Waals surface area contributed by atoms with Crippen LogP contribution in [-0.4, -0.2) is 17.1 Å². The van der Waals surface area contributed by atoms with Crippen LogP contribution in [-0.2, 0) is 6.42 Å². The smallest absolute Gasteiger partial charge is 0.255 e. The van der Waals surface area contributed by atoms with Gasteiger partial charge in [-0.1, -0.05) is 30.3 Å². The molecular weight excluding hydrogens is 391 g/mol. The summed E-state index contributed by atoms with van der Waals surface area (Å²) in [6, 6.07) is 25.3. The lowest BCUT2D eigenvalue weighted by molar-refractivity contribution is 0.102. The first-order valence-electron chi connectivity index (χ1n) is 10.2. The van der Waals surface area contributed by atoms with Crippen LogP contribution in [0.5, 0.6) is 5.75 Å². The highest BCUT2D eigenvalue weighted by Gasteiger charge is 2.11. The standard InChI is InChI=1S/C26H23FN2O2/c27-22-12-15-25(29-16-4-5-17-29)24(19-22)28-26(30)21-10-13-23(14-11-21)31-18-6-9-20-7-2-1-3-8-20/h1-5,7-8,10-17,19H,6,9,18H2,(H,28,30). The molecular formula is C26H23FN2O2. The Labute approximate surface area is 180 Å². The zero-order valence-corrected chi connectivity index (χ0v) is 17.0. The van der Waals surface area contributed by atoms with Crippen molar-refractivity contribution in [2.45, 2.75) is 12.8 Å². The quantitative estimate of drug-likeness (QED) is 0.366. The number of nitrogens with zero attached hydrogens (tertiary/aromatic N) is 1. The normalized spacial score (nSPS) is 10.6. The van der Waals surface area contributed by atoms with Gasteiger partial charge in [0.15, 0.2) is 0 Å². The molecule has 0 aliphatic rings. The lowest BCUT2D eigenvalue weighted by atomic mass is 10.1. The van der Waals surface area contributed by atoms with Gasteiger partial charge in [-0.15, -0.1) is 0 Å². The molecule has 0 fully saturated rings. The van der Waals surface area contributed by atoms with Gasteiger partial charge in [-0.2, -0.15) is 0 Å². The van der Waals surface area contributed by atoms with Gasteiger partial charge >= 0.3 is 0 Å². The molecule has 4 aromatic rings. The molecule has 0 bridgehead atoms. The zero-order chi connectivity index (χ0) is 21.5. The number of rotatable bonds is 8. The second-order valence-corrected chi connectivity index (χ2v) is 7.17. The van der Waals surface area contributed by atoms with Crippen molar-refractivity contribution >= 4 is 11.6 Å². The number of aromatic nitrogens is 1. The van der Waals surface area contributed by atoms with Gasteiger partial charge < -0.3 is 14.6 Å². The Morgan fingerprint density at radius 3 is 2.39 bits per heavy atom. The van der Waals surface area contributed by atoms with E-state index in [4.69, 9.17) is 4.74 Å².